The van der Waals surface area contributed by atoms with Crippen LogP contribution in [0.5, 0.6) is 0 Å². The Hall–Kier alpha value is -2.70. The fourth-order valence-electron chi connectivity index (χ4n) is 1.55. The van der Waals surface area contributed by atoms with Gasteiger partial charge >= 0.3 is 0 Å². The van der Waals surface area contributed by atoms with Crippen LogP contribution < -0.4 is 5.73 Å². The van der Waals surface area contributed by atoms with Crippen molar-refractivity contribution in [2.45, 2.75) is 0 Å². The summed E-state index contributed by atoms with van der Waals surface area (Å²) in [7, 11) is 1.86. The molecule has 0 spiro atoms. The number of nitrogens with two attached hydrogens (primary N) is 1. The van der Waals surface area contributed by atoms with Gasteiger partial charge in [-0.2, -0.15) is 4.98 Å². The summed E-state index contributed by atoms with van der Waals surface area (Å²) in [6, 6.07) is 3.46. The average molecular weight is 242 g/mol. The van der Waals surface area contributed by atoms with Crippen LogP contribution in [-0.4, -0.2) is 24.7 Å². The molecule has 0 bridgehead atoms. The van der Waals surface area contributed by atoms with Crippen LogP contribution in [0.15, 0.2) is 35.4 Å². The molecule has 0 fully saturated rings. The maximum atomic E-state index is 5.52. The van der Waals surface area contributed by atoms with E-state index in [-0.39, 0.29) is 0 Å². The van der Waals surface area contributed by atoms with Crippen LogP contribution >= 0.6 is 0 Å². The highest BCUT2D eigenvalue weighted by Crippen LogP contribution is 2.21. The van der Waals surface area contributed by atoms with Gasteiger partial charge in [0.2, 0.25) is 5.82 Å². The molecule has 7 nitrogen and oxygen atoms in total. The van der Waals surface area contributed by atoms with Crippen molar-refractivity contribution < 1.29 is 4.52 Å². The molecular weight excluding hydrogens is 232 g/mol. The summed E-state index contributed by atoms with van der Waals surface area (Å²) in [5.41, 5.74) is 7.03. The fraction of sp³-hybridized carbons (Fsp3) is 0.0909. The van der Waals surface area contributed by atoms with E-state index in [1.807, 2.05) is 11.6 Å². The van der Waals surface area contributed by atoms with Crippen molar-refractivity contribution in [1.82, 2.24) is 24.7 Å². The number of pyridine rings is 1. The third kappa shape index (κ3) is 1.71. The number of hydrogen-bond donors (Lipinski definition) is 1. The van der Waals surface area contributed by atoms with Crippen LogP contribution in [0.1, 0.15) is 0 Å². The van der Waals surface area contributed by atoms with E-state index < -0.39 is 0 Å². The van der Waals surface area contributed by atoms with E-state index in [0.29, 0.717) is 17.5 Å². The van der Waals surface area contributed by atoms with Gasteiger partial charge in [-0.1, -0.05) is 5.16 Å². The van der Waals surface area contributed by atoms with Crippen molar-refractivity contribution in [1.29, 1.82) is 0 Å². The number of hydrogen-bond acceptors (Lipinski definition) is 6. The third-order valence-corrected chi connectivity index (χ3v) is 2.51. The summed E-state index contributed by atoms with van der Waals surface area (Å²) in [4.78, 5) is 12.3. The fourth-order valence-corrected chi connectivity index (χ4v) is 1.55. The van der Waals surface area contributed by atoms with Crippen LogP contribution in [-0.2, 0) is 7.05 Å². The van der Waals surface area contributed by atoms with E-state index in [1.165, 1.54) is 0 Å². The van der Waals surface area contributed by atoms with Crippen molar-refractivity contribution in [2.75, 3.05) is 5.73 Å². The lowest BCUT2D eigenvalue weighted by molar-refractivity contribution is 0.431. The molecule has 3 aromatic rings. The van der Waals surface area contributed by atoms with Crippen LogP contribution in [0.2, 0.25) is 0 Å². The van der Waals surface area contributed by atoms with E-state index in [4.69, 9.17) is 10.3 Å². The molecule has 0 aliphatic carbocycles. The first kappa shape index (κ1) is 10.5. The van der Waals surface area contributed by atoms with Gasteiger partial charge in [-0.15, -0.1) is 0 Å². The van der Waals surface area contributed by atoms with E-state index in [9.17, 15) is 0 Å². The molecule has 0 aromatic carbocycles. The van der Waals surface area contributed by atoms with E-state index >= 15 is 0 Å². The van der Waals surface area contributed by atoms with Gasteiger partial charge in [0.1, 0.15) is 11.5 Å². The lowest BCUT2D eigenvalue weighted by Gasteiger charge is -1.94. The molecule has 7 heteroatoms. The topological polar surface area (TPSA) is 95.7 Å². The van der Waals surface area contributed by atoms with Crippen LogP contribution in [0, 0.1) is 0 Å². The van der Waals surface area contributed by atoms with Gasteiger partial charge < -0.3 is 14.8 Å². The standard InChI is InChI=1S/C11H10N6O/c1-17-6-13-5-8(17)10-15-11(18-16-10)7-2-3-9(12)14-4-7/h2-6H,1H3,(H2,12,14). The van der Waals surface area contributed by atoms with Gasteiger partial charge in [0.25, 0.3) is 5.89 Å². The smallest absolute Gasteiger partial charge is 0.259 e. The minimum absolute atomic E-state index is 0.402. The van der Waals surface area contributed by atoms with Gasteiger partial charge in [-0.05, 0) is 12.1 Å². The Balaban J connectivity index is 1.99. The Morgan fingerprint density at radius 1 is 1.28 bits per heavy atom. The first-order valence-electron chi connectivity index (χ1n) is 5.26. The predicted octanol–water partition coefficient (Wildman–Crippen LogP) is 1.11. The van der Waals surface area contributed by atoms with Gasteiger partial charge in [0.05, 0.1) is 18.1 Å². The van der Waals surface area contributed by atoms with E-state index in [1.54, 1.807) is 30.9 Å². The van der Waals surface area contributed by atoms with Crippen LogP contribution in [0.3, 0.4) is 0 Å². The van der Waals surface area contributed by atoms with Crippen molar-refractivity contribution in [3.63, 3.8) is 0 Å². The number of aromatic nitrogens is 5. The number of rotatable bonds is 2. The highest BCUT2D eigenvalue weighted by Gasteiger charge is 2.13. The first-order valence-corrected chi connectivity index (χ1v) is 5.26. The Labute approximate surface area is 102 Å². The average Bonchev–Trinajstić information content (AvgIpc) is 2.98. The zero-order valence-corrected chi connectivity index (χ0v) is 9.61. The molecule has 2 N–H and O–H groups in total. The largest absolute Gasteiger partial charge is 0.384 e. The molecule has 0 radical (unpaired) electrons. The molecular formula is C11H10N6O. The summed E-state index contributed by atoms with van der Waals surface area (Å²) in [5, 5.41) is 3.91. The lowest BCUT2D eigenvalue weighted by atomic mass is 10.3. The summed E-state index contributed by atoms with van der Waals surface area (Å²) in [6.07, 6.45) is 4.95. The Kier molecular flexibility index (Phi) is 2.30. The molecule has 0 saturated heterocycles. The Bertz CT molecular complexity index is 669. The van der Waals surface area contributed by atoms with Crippen molar-refractivity contribution in [2.24, 2.45) is 7.05 Å². The molecule has 0 unspecified atom stereocenters. The van der Waals surface area contributed by atoms with Crippen LogP contribution in [0.4, 0.5) is 5.82 Å². The monoisotopic (exact) mass is 242 g/mol. The van der Waals surface area contributed by atoms with E-state index in [0.717, 1.165) is 11.3 Å². The molecule has 3 rings (SSSR count). The second-order valence-corrected chi connectivity index (χ2v) is 3.78. The van der Waals surface area contributed by atoms with Gasteiger partial charge in [0, 0.05) is 13.2 Å². The van der Waals surface area contributed by atoms with E-state index in [2.05, 4.69) is 20.1 Å². The van der Waals surface area contributed by atoms with Crippen molar-refractivity contribution in [3.8, 4) is 23.0 Å². The van der Waals surface area contributed by atoms with Crippen molar-refractivity contribution >= 4 is 5.82 Å². The summed E-state index contributed by atoms with van der Waals surface area (Å²) in [6.45, 7) is 0. The Morgan fingerprint density at radius 2 is 2.17 bits per heavy atom. The number of aryl methyl sites for hydroxylation is 1. The number of nitrogen functional groups attached to an aromatic ring is 1. The summed E-state index contributed by atoms with van der Waals surface area (Å²) >= 11 is 0. The first-order chi connectivity index (χ1) is 8.74. The molecule has 90 valence electrons. The van der Waals surface area contributed by atoms with Crippen molar-refractivity contribution in [3.05, 3.63) is 30.9 Å². The quantitative estimate of drug-likeness (QED) is 0.723. The number of imidazole rings is 1. The number of anilines is 1. The van der Waals surface area contributed by atoms with Crippen LogP contribution in [0.25, 0.3) is 23.0 Å². The molecule has 0 saturated carbocycles. The normalized spacial score (nSPS) is 10.7. The molecule has 0 aliphatic heterocycles. The zero-order chi connectivity index (χ0) is 12.5. The molecule has 3 aromatic heterocycles. The second kappa shape index (κ2) is 3.95. The maximum Gasteiger partial charge on any atom is 0.259 e. The maximum absolute atomic E-state index is 5.52. The third-order valence-electron chi connectivity index (χ3n) is 2.51. The van der Waals surface area contributed by atoms with Gasteiger partial charge in [-0.3, -0.25) is 0 Å². The molecule has 0 aliphatic rings. The van der Waals surface area contributed by atoms with Gasteiger partial charge in [0.15, 0.2) is 0 Å². The molecule has 0 amide bonds. The highest BCUT2D eigenvalue weighted by atomic mass is 16.5. The summed E-state index contributed by atoms with van der Waals surface area (Å²) < 4.78 is 7.00. The highest BCUT2D eigenvalue weighted by molar-refractivity contribution is 5.57. The van der Waals surface area contributed by atoms with Gasteiger partial charge in [-0.25, -0.2) is 9.97 Å². The predicted molar refractivity (Wildman–Crippen MR) is 64.1 cm³/mol. The lowest BCUT2D eigenvalue weighted by Crippen LogP contribution is -1.91. The zero-order valence-electron chi connectivity index (χ0n) is 9.61. The summed E-state index contributed by atoms with van der Waals surface area (Å²) in [5.74, 6) is 1.34. The Morgan fingerprint density at radius 3 is 2.83 bits per heavy atom. The minimum Gasteiger partial charge on any atom is -0.384 e. The molecule has 18 heavy (non-hydrogen) atoms. The minimum atomic E-state index is 0.402. The SMILES string of the molecule is Cn1cncc1-c1noc(-c2ccc(N)nc2)n1. The molecule has 3 heterocycles. The second-order valence-electron chi connectivity index (χ2n) is 3.78. The molecule has 0 atom stereocenters. The number of nitrogens with zero attached hydrogens (tertiary/aromatic N) is 5.